The maximum atomic E-state index is 12.8. The second-order valence-corrected chi connectivity index (χ2v) is 6.62. The number of rotatable bonds is 4. The molecule has 1 aliphatic carbocycles. The standard InChI is InChI=1S/C17H19F3N4O3/c1-9(22-15(26)10-2-4-12(25)5-3-10)16-23-14(24-27-16)11-6-7-21-13(8-11)17(18,19)20/h6-10,12,25H,2-5H2,1H3,(H,22,26)/t9-,10?,12?/m0/s1. The zero-order chi connectivity index (χ0) is 19.6. The molecule has 146 valence electrons. The highest BCUT2D eigenvalue weighted by Gasteiger charge is 2.33. The highest BCUT2D eigenvalue weighted by atomic mass is 19.4. The number of aromatic nitrogens is 3. The fourth-order valence-electron chi connectivity index (χ4n) is 2.98. The zero-order valence-corrected chi connectivity index (χ0v) is 14.5. The summed E-state index contributed by atoms with van der Waals surface area (Å²) in [6.07, 6.45) is -1.53. The van der Waals surface area contributed by atoms with Crippen LogP contribution >= 0.6 is 0 Å². The number of alkyl halides is 3. The summed E-state index contributed by atoms with van der Waals surface area (Å²) in [6, 6.07) is 1.60. The first kappa shape index (κ1) is 19.3. The Balaban J connectivity index is 1.67. The number of nitrogens with zero attached hydrogens (tertiary/aromatic N) is 3. The minimum Gasteiger partial charge on any atom is -0.393 e. The molecule has 0 radical (unpaired) electrons. The van der Waals surface area contributed by atoms with Crippen LogP contribution in [-0.4, -0.2) is 32.2 Å². The van der Waals surface area contributed by atoms with Crippen molar-refractivity contribution < 1.29 is 27.6 Å². The molecule has 1 saturated carbocycles. The number of aliphatic hydroxyl groups is 1. The number of amides is 1. The van der Waals surface area contributed by atoms with Gasteiger partial charge in [0.15, 0.2) is 0 Å². The zero-order valence-electron chi connectivity index (χ0n) is 14.5. The first-order chi connectivity index (χ1) is 12.7. The molecule has 10 heteroatoms. The van der Waals surface area contributed by atoms with Crippen molar-refractivity contribution in [3.8, 4) is 11.4 Å². The highest BCUT2D eigenvalue weighted by molar-refractivity contribution is 5.79. The fourth-order valence-corrected chi connectivity index (χ4v) is 2.98. The highest BCUT2D eigenvalue weighted by Crippen LogP contribution is 2.30. The first-order valence-corrected chi connectivity index (χ1v) is 8.59. The van der Waals surface area contributed by atoms with E-state index in [0.717, 1.165) is 12.3 Å². The van der Waals surface area contributed by atoms with Gasteiger partial charge in [0, 0.05) is 17.7 Å². The van der Waals surface area contributed by atoms with Crippen LogP contribution in [0.2, 0.25) is 0 Å². The summed E-state index contributed by atoms with van der Waals surface area (Å²) in [6.45, 7) is 1.65. The molecule has 3 rings (SSSR count). The summed E-state index contributed by atoms with van der Waals surface area (Å²) in [5.41, 5.74) is -0.931. The van der Waals surface area contributed by atoms with Crippen LogP contribution in [0.1, 0.15) is 50.2 Å². The second kappa shape index (κ2) is 7.63. The average molecular weight is 384 g/mol. The Labute approximate surface area is 153 Å². The number of hydrogen-bond donors (Lipinski definition) is 2. The minimum atomic E-state index is -4.57. The lowest BCUT2D eigenvalue weighted by Crippen LogP contribution is -2.35. The van der Waals surface area contributed by atoms with Gasteiger partial charge in [0.05, 0.1) is 6.10 Å². The third-order valence-electron chi connectivity index (χ3n) is 4.55. The molecule has 0 aliphatic heterocycles. The molecule has 0 unspecified atom stereocenters. The first-order valence-electron chi connectivity index (χ1n) is 8.59. The van der Waals surface area contributed by atoms with Gasteiger partial charge in [0.25, 0.3) is 0 Å². The van der Waals surface area contributed by atoms with Gasteiger partial charge >= 0.3 is 6.18 Å². The molecule has 0 spiro atoms. The third-order valence-corrected chi connectivity index (χ3v) is 4.55. The predicted octanol–water partition coefficient (Wildman–Crippen LogP) is 2.88. The van der Waals surface area contributed by atoms with Crippen LogP contribution in [0.3, 0.4) is 0 Å². The van der Waals surface area contributed by atoms with E-state index in [4.69, 9.17) is 4.52 Å². The molecule has 1 atom stereocenters. The SMILES string of the molecule is C[C@H](NC(=O)C1CCC(O)CC1)c1nc(-c2ccnc(C(F)(F)F)c2)no1. The summed E-state index contributed by atoms with van der Waals surface area (Å²) in [5, 5.41) is 16.0. The molecule has 0 saturated heterocycles. The summed E-state index contributed by atoms with van der Waals surface area (Å²) in [5.74, 6) is -0.274. The van der Waals surface area contributed by atoms with Crippen molar-refractivity contribution in [3.63, 3.8) is 0 Å². The lowest BCUT2D eigenvalue weighted by atomic mass is 9.87. The maximum absolute atomic E-state index is 12.8. The summed E-state index contributed by atoms with van der Waals surface area (Å²) >= 11 is 0. The fraction of sp³-hybridized carbons (Fsp3) is 0.529. The largest absolute Gasteiger partial charge is 0.433 e. The van der Waals surface area contributed by atoms with Crippen LogP contribution in [0.15, 0.2) is 22.9 Å². The normalized spacial score (nSPS) is 21.7. The number of halogens is 3. The van der Waals surface area contributed by atoms with Crippen molar-refractivity contribution >= 4 is 5.91 Å². The van der Waals surface area contributed by atoms with Crippen molar-refractivity contribution in [2.45, 2.75) is 50.9 Å². The van der Waals surface area contributed by atoms with Gasteiger partial charge in [-0.1, -0.05) is 5.16 Å². The molecule has 0 aromatic carbocycles. The summed E-state index contributed by atoms with van der Waals surface area (Å²) < 4.78 is 43.4. The quantitative estimate of drug-likeness (QED) is 0.841. The molecule has 27 heavy (non-hydrogen) atoms. The van der Waals surface area contributed by atoms with Crippen LogP contribution < -0.4 is 5.32 Å². The van der Waals surface area contributed by atoms with Crippen molar-refractivity contribution in [2.24, 2.45) is 5.92 Å². The lowest BCUT2D eigenvalue weighted by molar-refractivity contribution is -0.141. The van der Waals surface area contributed by atoms with E-state index in [2.05, 4.69) is 20.4 Å². The lowest BCUT2D eigenvalue weighted by Gasteiger charge is -2.25. The molecular formula is C17H19F3N4O3. The van der Waals surface area contributed by atoms with Crippen molar-refractivity contribution in [1.82, 2.24) is 20.4 Å². The smallest absolute Gasteiger partial charge is 0.393 e. The van der Waals surface area contributed by atoms with E-state index in [0.29, 0.717) is 25.7 Å². The molecule has 7 nitrogen and oxygen atoms in total. The molecule has 2 heterocycles. The summed E-state index contributed by atoms with van der Waals surface area (Å²) in [4.78, 5) is 19.7. The van der Waals surface area contributed by atoms with E-state index in [-0.39, 0.29) is 35.2 Å². The van der Waals surface area contributed by atoms with Crippen LogP contribution in [0.25, 0.3) is 11.4 Å². The third kappa shape index (κ3) is 4.62. The molecule has 2 N–H and O–H groups in total. The van der Waals surface area contributed by atoms with Gasteiger partial charge in [-0.25, -0.2) is 0 Å². The molecule has 2 aromatic rings. The van der Waals surface area contributed by atoms with Gasteiger partial charge < -0.3 is 14.9 Å². The monoisotopic (exact) mass is 384 g/mol. The van der Waals surface area contributed by atoms with E-state index in [1.165, 1.54) is 6.07 Å². The predicted molar refractivity (Wildman–Crippen MR) is 87.1 cm³/mol. The van der Waals surface area contributed by atoms with E-state index < -0.39 is 17.9 Å². The molecule has 2 aromatic heterocycles. The summed E-state index contributed by atoms with van der Waals surface area (Å²) in [7, 11) is 0. The Morgan fingerprint density at radius 3 is 2.70 bits per heavy atom. The molecule has 0 bridgehead atoms. The minimum absolute atomic E-state index is 0.0141. The van der Waals surface area contributed by atoms with Crippen LogP contribution in [-0.2, 0) is 11.0 Å². The van der Waals surface area contributed by atoms with Gasteiger partial charge in [0.2, 0.25) is 17.6 Å². The van der Waals surface area contributed by atoms with E-state index in [9.17, 15) is 23.1 Å². The average Bonchev–Trinajstić information content (AvgIpc) is 3.12. The Kier molecular flexibility index (Phi) is 5.45. The second-order valence-electron chi connectivity index (χ2n) is 6.62. The molecule has 1 aliphatic rings. The number of pyridine rings is 1. The molecular weight excluding hydrogens is 365 g/mol. The van der Waals surface area contributed by atoms with Gasteiger partial charge in [-0.15, -0.1) is 0 Å². The Morgan fingerprint density at radius 1 is 1.33 bits per heavy atom. The van der Waals surface area contributed by atoms with E-state index >= 15 is 0 Å². The van der Waals surface area contributed by atoms with E-state index in [1.54, 1.807) is 6.92 Å². The van der Waals surface area contributed by atoms with Gasteiger partial charge in [-0.05, 0) is 44.7 Å². The molecule has 1 amide bonds. The van der Waals surface area contributed by atoms with Crippen LogP contribution in [0.4, 0.5) is 13.2 Å². The van der Waals surface area contributed by atoms with Gasteiger partial charge in [0.1, 0.15) is 11.7 Å². The Morgan fingerprint density at radius 2 is 2.04 bits per heavy atom. The van der Waals surface area contributed by atoms with E-state index in [1.807, 2.05) is 0 Å². The molecule has 1 fully saturated rings. The van der Waals surface area contributed by atoms with Crippen LogP contribution in [0.5, 0.6) is 0 Å². The topological polar surface area (TPSA) is 101 Å². The number of nitrogens with one attached hydrogen (secondary N) is 1. The van der Waals surface area contributed by atoms with Crippen molar-refractivity contribution in [1.29, 1.82) is 0 Å². The van der Waals surface area contributed by atoms with Crippen LogP contribution in [0, 0.1) is 5.92 Å². The van der Waals surface area contributed by atoms with Gasteiger partial charge in [-0.2, -0.15) is 18.2 Å². The van der Waals surface area contributed by atoms with Crippen molar-refractivity contribution in [3.05, 3.63) is 29.9 Å². The van der Waals surface area contributed by atoms with Crippen molar-refractivity contribution in [2.75, 3.05) is 0 Å². The number of hydrogen-bond acceptors (Lipinski definition) is 6. The maximum Gasteiger partial charge on any atom is 0.433 e. The van der Waals surface area contributed by atoms with Gasteiger partial charge in [-0.3, -0.25) is 9.78 Å². The number of aliphatic hydroxyl groups excluding tert-OH is 1. The number of carbonyl (C=O) groups excluding carboxylic acids is 1. The number of carbonyl (C=O) groups is 1. The Bertz CT molecular complexity index is 801. The Hall–Kier alpha value is -2.49.